The van der Waals surface area contributed by atoms with Crippen LogP contribution in [0.15, 0.2) is 24.3 Å². The van der Waals surface area contributed by atoms with Crippen LogP contribution in [0.3, 0.4) is 0 Å². The summed E-state index contributed by atoms with van der Waals surface area (Å²) in [6, 6.07) is 7.89. The summed E-state index contributed by atoms with van der Waals surface area (Å²) < 4.78 is 2.04. The lowest BCUT2D eigenvalue weighted by Gasteiger charge is -2.05. The van der Waals surface area contributed by atoms with Crippen LogP contribution in [0.2, 0.25) is 5.15 Å². The smallest absolute Gasteiger partial charge is 0.163 e. The largest absolute Gasteiger partial charge is 0.331 e. The molecule has 3 heteroatoms. The lowest BCUT2D eigenvalue weighted by Crippen LogP contribution is -1.98. The van der Waals surface area contributed by atoms with Gasteiger partial charge in [-0.25, -0.2) is 0 Å². The van der Waals surface area contributed by atoms with Crippen LogP contribution in [-0.4, -0.2) is 10.4 Å². The van der Waals surface area contributed by atoms with Crippen LogP contribution in [0.5, 0.6) is 0 Å². The number of aromatic nitrogens is 1. The van der Waals surface area contributed by atoms with E-state index >= 15 is 0 Å². The molecule has 0 radical (unpaired) electrons. The van der Waals surface area contributed by atoms with Crippen molar-refractivity contribution < 1.29 is 4.79 Å². The first-order valence-electron chi connectivity index (χ1n) is 5.94. The highest BCUT2D eigenvalue weighted by Gasteiger charge is 2.17. The molecule has 0 fully saturated rings. The van der Waals surface area contributed by atoms with E-state index in [0.717, 1.165) is 30.3 Å². The third-order valence-corrected chi connectivity index (χ3v) is 3.39. The molecule has 2 aromatic rings. The van der Waals surface area contributed by atoms with Gasteiger partial charge in [0, 0.05) is 17.4 Å². The maximum atomic E-state index is 11.7. The van der Waals surface area contributed by atoms with Gasteiger partial charge in [-0.05, 0) is 19.4 Å². The molecule has 0 atom stereocenters. The van der Waals surface area contributed by atoms with Crippen molar-refractivity contribution in [3.63, 3.8) is 0 Å². The number of nitrogens with zero attached hydrogens (tertiary/aromatic N) is 1. The molecule has 0 saturated carbocycles. The van der Waals surface area contributed by atoms with Gasteiger partial charge in [-0.1, -0.05) is 43.1 Å². The number of benzene rings is 1. The van der Waals surface area contributed by atoms with E-state index in [1.807, 2.05) is 28.8 Å². The van der Waals surface area contributed by atoms with E-state index in [0.29, 0.717) is 10.7 Å². The number of ketones is 1. The van der Waals surface area contributed by atoms with Crippen molar-refractivity contribution in [2.75, 3.05) is 0 Å². The fraction of sp³-hybridized carbons (Fsp3) is 0.357. The summed E-state index contributed by atoms with van der Waals surface area (Å²) in [5, 5.41) is 1.54. The molecule has 1 aromatic carbocycles. The van der Waals surface area contributed by atoms with Gasteiger partial charge >= 0.3 is 0 Å². The van der Waals surface area contributed by atoms with Crippen LogP contribution in [0.4, 0.5) is 0 Å². The third-order valence-electron chi connectivity index (χ3n) is 2.99. The average molecular weight is 250 g/mol. The number of fused-ring (bicyclic) bond motifs is 1. The van der Waals surface area contributed by atoms with Crippen molar-refractivity contribution >= 4 is 28.3 Å². The van der Waals surface area contributed by atoms with Gasteiger partial charge in [0.2, 0.25) is 0 Å². The van der Waals surface area contributed by atoms with Crippen molar-refractivity contribution in [3.05, 3.63) is 35.0 Å². The van der Waals surface area contributed by atoms with Gasteiger partial charge in [0.25, 0.3) is 0 Å². The Labute approximate surface area is 106 Å². The zero-order valence-corrected chi connectivity index (χ0v) is 10.9. The molecular formula is C14H16ClNO. The van der Waals surface area contributed by atoms with E-state index in [4.69, 9.17) is 11.6 Å². The number of unbranched alkanes of at least 4 members (excludes halogenated alkanes) is 1. The van der Waals surface area contributed by atoms with E-state index in [9.17, 15) is 4.79 Å². The molecule has 0 N–H and O–H groups in total. The molecule has 90 valence electrons. The summed E-state index contributed by atoms with van der Waals surface area (Å²) in [5.41, 5.74) is 1.70. The normalized spacial score (nSPS) is 11.0. The fourth-order valence-corrected chi connectivity index (χ4v) is 2.55. The van der Waals surface area contributed by atoms with E-state index in [2.05, 4.69) is 6.92 Å². The second-order valence-electron chi connectivity index (χ2n) is 4.24. The SMILES string of the molecule is CCCCn1c(Cl)c(C(C)=O)c2ccccc21. The molecule has 0 spiro atoms. The number of carbonyl (C=O) groups excluding carboxylic acids is 1. The van der Waals surface area contributed by atoms with Crippen molar-refractivity contribution in [1.29, 1.82) is 0 Å². The minimum Gasteiger partial charge on any atom is -0.331 e. The summed E-state index contributed by atoms with van der Waals surface area (Å²) in [7, 11) is 0. The molecular weight excluding hydrogens is 234 g/mol. The van der Waals surface area contributed by atoms with Crippen LogP contribution in [-0.2, 0) is 6.54 Å². The number of aryl methyl sites for hydroxylation is 1. The van der Waals surface area contributed by atoms with Crippen molar-refractivity contribution in [2.45, 2.75) is 33.2 Å². The zero-order valence-electron chi connectivity index (χ0n) is 10.2. The molecule has 1 aromatic heterocycles. The fourth-order valence-electron chi connectivity index (χ4n) is 2.14. The summed E-state index contributed by atoms with van der Waals surface area (Å²) >= 11 is 6.33. The summed E-state index contributed by atoms with van der Waals surface area (Å²) in [6.07, 6.45) is 2.17. The first kappa shape index (κ1) is 12.2. The second-order valence-corrected chi connectivity index (χ2v) is 4.60. The van der Waals surface area contributed by atoms with Gasteiger partial charge in [0.05, 0.1) is 5.56 Å². The average Bonchev–Trinajstić information content (AvgIpc) is 2.58. The van der Waals surface area contributed by atoms with E-state index in [1.54, 1.807) is 6.92 Å². The Hall–Kier alpha value is -1.28. The second kappa shape index (κ2) is 4.92. The van der Waals surface area contributed by atoms with E-state index < -0.39 is 0 Å². The number of rotatable bonds is 4. The van der Waals surface area contributed by atoms with Gasteiger partial charge in [-0.15, -0.1) is 0 Å². The Kier molecular flexibility index (Phi) is 3.53. The molecule has 0 bridgehead atoms. The van der Waals surface area contributed by atoms with Crippen molar-refractivity contribution in [1.82, 2.24) is 4.57 Å². The van der Waals surface area contributed by atoms with E-state index in [-0.39, 0.29) is 5.78 Å². The molecule has 2 nitrogen and oxygen atoms in total. The molecule has 1 heterocycles. The molecule has 2 rings (SSSR count). The number of carbonyl (C=O) groups is 1. The topological polar surface area (TPSA) is 22.0 Å². The van der Waals surface area contributed by atoms with Crippen LogP contribution >= 0.6 is 11.6 Å². The van der Waals surface area contributed by atoms with Crippen molar-refractivity contribution in [2.24, 2.45) is 0 Å². The Morgan fingerprint density at radius 1 is 1.35 bits per heavy atom. The van der Waals surface area contributed by atoms with Crippen LogP contribution in [0.1, 0.15) is 37.0 Å². The molecule has 0 aliphatic carbocycles. The highest BCUT2D eigenvalue weighted by Crippen LogP contribution is 2.30. The number of hydrogen-bond donors (Lipinski definition) is 0. The van der Waals surface area contributed by atoms with Crippen LogP contribution < -0.4 is 0 Å². The van der Waals surface area contributed by atoms with Gasteiger partial charge in [-0.3, -0.25) is 4.79 Å². The van der Waals surface area contributed by atoms with Crippen LogP contribution in [0.25, 0.3) is 10.9 Å². The Morgan fingerprint density at radius 3 is 2.71 bits per heavy atom. The van der Waals surface area contributed by atoms with Gasteiger partial charge in [0.1, 0.15) is 5.15 Å². The maximum Gasteiger partial charge on any atom is 0.163 e. The maximum absolute atomic E-state index is 11.7. The molecule has 0 aliphatic rings. The third kappa shape index (κ3) is 2.09. The van der Waals surface area contributed by atoms with E-state index in [1.165, 1.54) is 0 Å². The number of Topliss-reactive ketones (excluding diaryl/α,β-unsaturated/α-hetero) is 1. The standard InChI is InChI=1S/C14H16ClNO/c1-3-4-9-16-12-8-6-5-7-11(12)13(10(2)17)14(16)15/h5-8H,3-4,9H2,1-2H3. The molecule has 17 heavy (non-hydrogen) atoms. The van der Waals surface area contributed by atoms with Gasteiger partial charge < -0.3 is 4.57 Å². The Morgan fingerprint density at radius 2 is 2.06 bits per heavy atom. The molecule has 0 saturated heterocycles. The zero-order chi connectivity index (χ0) is 12.4. The van der Waals surface area contributed by atoms with Gasteiger partial charge in [0.15, 0.2) is 5.78 Å². The predicted molar refractivity (Wildman–Crippen MR) is 71.9 cm³/mol. The first-order chi connectivity index (χ1) is 8.16. The van der Waals surface area contributed by atoms with Gasteiger partial charge in [-0.2, -0.15) is 0 Å². The van der Waals surface area contributed by atoms with Crippen LogP contribution in [0, 0.1) is 0 Å². The lowest BCUT2D eigenvalue weighted by molar-refractivity contribution is 0.101. The highest BCUT2D eigenvalue weighted by atomic mass is 35.5. The number of halogens is 1. The molecule has 0 unspecified atom stereocenters. The monoisotopic (exact) mass is 249 g/mol. The quantitative estimate of drug-likeness (QED) is 0.741. The predicted octanol–water partition coefficient (Wildman–Crippen LogP) is 4.30. The minimum atomic E-state index is 0.0291. The minimum absolute atomic E-state index is 0.0291. The molecule has 0 aliphatic heterocycles. The lowest BCUT2D eigenvalue weighted by atomic mass is 10.1. The van der Waals surface area contributed by atoms with Crippen molar-refractivity contribution in [3.8, 4) is 0 Å². The number of hydrogen-bond acceptors (Lipinski definition) is 1. The summed E-state index contributed by atoms with van der Waals surface area (Å²) in [4.78, 5) is 11.7. The Balaban J connectivity index is 2.66. The first-order valence-corrected chi connectivity index (χ1v) is 6.32. The number of para-hydroxylation sites is 1. The molecule has 0 amide bonds. The summed E-state index contributed by atoms with van der Waals surface area (Å²) in [6.45, 7) is 4.58. The summed E-state index contributed by atoms with van der Waals surface area (Å²) in [5.74, 6) is 0.0291. The Bertz CT molecular complexity index is 557. The highest BCUT2D eigenvalue weighted by molar-refractivity contribution is 6.35.